The smallest absolute Gasteiger partial charge is 0.363 e. The number of fused-ring (bicyclic) bond motifs is 1. The van der Waals surface area contributed by atoms with E-state index in [2.05, 4.69) is 37.0 Å². The van der Waals surface area contributed by atoms with Crippen molar-refractivity contribution in [1.82, 2.24) is 23.7 Å². The fourth-order valence-electron chi connectivity index (χ4n) is 5.95. The molecule has 2 aliphatic heterocycles. The maximum Gasteiger partial charge on any atom is 0.363 e. The van der Waals surface area contributed by atoms with Crippen molar-refractivity contribution in [2.24, 2.45) is 0 Å². The first-order chi connectivity index (χ1) is 21.2. The summed E-state index contributed by atoms with van der Waals surface area (Å²) in [6.45, 7) is 10.5. The fraction of sp³-hybridized carbons (Fsp3) is 0.419. The van der Waals surface area contributed by atoms with Gasteiger partial charge in [0.25, 0.3) is 0 Å². The van der Waals surface area contributed by atoms with E-state index in [1.54, 1.807) is 31.4 Å². The van der Waals surface area contributed by atoms with Gasteiger partial charge in [-0.15, -0.1) is 0 Å². The van der Waals surface area contributed by atoms with Gasteiger partial charge in [0.2, 0.25) is 5.95 Å². The number of anilines is 3. The molecule has 0 spiro atoms. The summed E-state index contributed by atoms with van der Waals surface area (Å²) in [6.07, 6.45) is 5.02. The summed E-state index contributed by atoms with van der Waals surface area (Å²) in [7, 11) is -0.670. The van der Waals surface area contributed by atoms with Crippen LogP contribution in [0.1, 0.15) is 26.7 Å². The fourth-order valence-corrected chi connectivity index (χ4v) is 6.79. The Morgan fingerprint density at radius 3 is 2.41 bits per heavy atom. The van der Waals surface area contributed by atoms with Crippen LogP contribution in [0.5, 0.6) is 5.75 Å². The second-order valence-corrected chi connectivity index (χ2v) is 12.5. The highest BCUT2D eigenvalue weighted by molar-refractivity contribution is 7.84. The predicted molar refractivity (Wildman–Crippen MR) is 177 cm³/mol. The number of nitrogens with zero attached hydrogens (tertiary/aromatic N) is 6. The molecule has 44 heavy (non-hydrogen) atoms. The molecule has 0 amide bonds. The van der Waals surface area contributed by atoms with Crippen LogP contribution in [0.3, 0.4) is 0 Å². The van der Waals surface area contributed by atoms with Gasteiger partial charge in [-0.1, -0.05) is 43.6 Å². The van der Waals surface area contributed by atoms with Crippen molar-refractivity contribution in [1.29, 1.82) is 0 Å². The first kappa shape index (κ1) is 32.0. The van der Waals surface area contributed by atoms with E-state index >= 15 is 0 Å². The molecule has 236 valence electrons. The van der Waals surface area contributed by atoms with Crippen molar-refractivity contribution in [3.05, 3.63) is 59.9 Å². The molecule has 11 nitrogen and oxygen atoms in total. The van der Waals surface area contributed by atoms with E-state index in [0.29, 0.717) is 28.2 Å². The van der Waals surface area contributed by atoms with Crippen LogP contribution in [0.4, 0.5) is 17.3 Å². The lowest BCUT2D eigenvalue weighted by atomic mass is 10.0. The SMILES string of the molecule is CC.COc1cc(Nc2ncc(Cl)c(-c3cn(S(=O)(=O)O)c4ccccc34)n2)ccc1N1CCC(N2CCN(C)CC2)CC1. The quantitative estimate of drug-likeness (QED) is 0.254. The Morgan fingerprint density at radius 1 is 1.02 bits per heavy atom. The zero-order valence-corrected chi connectivity index (χ0v) is 27.1. The second kappa shape index (κ2) is 13.7. The van der Waals surface area contributed by atoms with Gasteiger partial charge in [-0.25, -0.2) is 13.9 Å². The summed E-state index contributed by atoms with van der Waals surface area (Å²) in [4.78, 5) is 16.4. The molecule has 0 saturated carbocycles. The summed E-state index contributed by atoms with van der Waals surface area (Å²) >= 11 is 6.47. The predicted octanol–water partition coefficient (Wildman–Crippen LogP) is 5.40. The van der Waals surface area contributed by atoms with Crippen LogP contribution < -0.4 is 15.0 Å². The van der Waals surface area contributed by atoms with Crippen molar-refractivity contribution in [2.45, 2.75) is 32.7 Å². The van der Waals surface area contributed by atoms with Crippen LogP contribution in [-0.4, -0.2) is 96.2 Å². The van der Waals surface area contributed by atoms with Crippen LogP contribution in [0, 0.1) is 0 Å². The molecule has 2 saturated heterocycles. The lowest BCUT2D eigenvalue weighted by Gasteiger charge is -2.42. The molecule has 13 heteroatoms. The number of benzene rings is 2. The molecule has 0 aliphatic carbocycles. The number of ether oxygens (including phenoxy) is 1. The third-order valence-corrected chi connectivity index (χ3v) is 9.30. The molecule has 2 aromatic heterocycles. The van der Waals surface area contributed by atoms with E-state index in [4.69, 9.17) is 16.3 Å². The number of halogens is 1. The Balaban J connectivity index is 0.00000188. The van der Waals surface area contributed by atoms with Crippen molar-refractivity contribution >= 4 is 50.1 Å². The molecular weight excluding hydrogens is 602 g/mol. The summed E-state index contributed by atoms with van der Waals surface area (Å²) in [5.74, 6) is 1.03. The van der Waals surface area contributed by atoms with Gasteiger partial charge in [-0.2, -0.15) is 8.42 Å². The number of nitrogens with one attached hydrogen (secondary N) is 1. The highest BCUT2D eigenvalue weighted by Crippen LogP contribution is 2.37. The maximum atomic E-state index is 12.0. The summed E-state index contributed by atoms with van der Waals surface area (Å²) in [5.41, 5.74) is 2.88. The van der Waals surface area contributed by atoms with Crippen LogP contribution in [-0.2, 0) is 10.3 Å². The molecule has 0 radical (unpaired) electrons. The monoisotopic (exact) mass is 641 g/mol. The van der Waals surface area contributed by atoms with E-state index in [1.165, 1.54) is 12.4 Å². The molecule has 2 aliphatic rings. The number of aromatic nitrogens is 3. The third-order valence-electron chi connectivity index (χ3n) is 8.22. The van der Waals surface area contributed by atoms with Gasteiger partial charge in [0, 0.05) is 74.2 Å². The number of piperidine rings is 1. The molecule has 2 fully saturated rings. The van der Waals surface area contributed by atoms with Gasteiger partial charge in [-0.3, -0.25) is 9.45 Å². The molecular formula is C31H40ClN7O4S. The summed E-state index contributed by atoms with van der Waals surface area (Å²) < 4.78 is 40.4. The molecule has 4 aromatic rings. The van der Waals surface area contributed by atoms with E-state index in [0.717, 1.165) is 73.2 Å². The highest BCUT2D eigenvalue weighted by Gasteiger charge is 2.28. The average molecular weight is 642 g/mol. The Kier molecular flexibility index (Phi) is 9.96. The van der Waals surface area contributed by atoms with Gasteiger partial charge >= 0.3 is 10.3 Å². The van der Waals surface area contributed by atoms with Gasteiger partial charge in [0.05, 0.1) is 35.2 Å². The zero-order valence-electron chi connectivity index (χ0n) is 25.6. The van der Waals surface area contributed by atoms with Crippen LogP contribution in [0.2, 0.25) is 5.02 Å². The number of likely N-dealkylation sites (N-methyl/N-ethyl adjacent to an activating group) is 1. The van der Waals surface area contributed by atoms with Gasteiger partial charge < -0.3 is 19.9 Å². The maximum absolute atomic E-state index is 12.0. The first-order valence-corrected chi connectivity index (χ1v) is 16.7. The van der Waals surface area contributed by atoms with E-state index in [-0.39, 0.29) is 11.0 Å². The lowest BCUT2D eigenvalue weighted by molar-refractivity contribution is 0.0981. The highest BCUT2D eigenvalue weighted by atomic mass is 35.5. The minimum Gasteiger partial charge on any atom is -0.495 e. The lowest BCUT2D eigenvalue weighted by Crippen LogP contribution is -2.52. The van der Waals surface area contributed by atoms with Crippen molar-refractivity contribution in [2.75, 3.05) is 63.6 Å². The van der Waals surface area contributed by atoms with Crippen LogP contribution >= 0.6 is 11.6 Å². The van der Waals surface area contributed by atoms with Crippen LogP contribution in [0.15, 0.2) is 54.9 Å². The number of piperazine rings is 1. The van der Waals surface area contributed by atoms with Gasteiger partial charge in [-0.05, 0) is 38.1 Å². The molecule has 0 bridgehead atoms. The molecule has 2 aromatic carbocycles. The largest absolute Gasteiger partial charge is 0.495 e. The first-order valence-electron chi connectivity index (χ1n) is 14.9. The third kappa shape index (κ3) is 6.79. The second-order valence-electron chi connectivity index (χ2n) is 10.8. The van der Waals surface area contributed by atoms with Crippen molar-refractivity contribution < 1.29 is 17.7 Å². The number of methoxy groups -OCH3 is 1. The molecule has 0 atom stereocenters. The standard InChI is InChI=1S/C29H34ClN7O4S.C2H6/c1-34-13-15-35(16-14-34)21-9-11-36(12-10-21)26-8-7-20(17-27(26)41-2)32-29-31-18-24(30)28(33-29)23-19-37(42(38,39)40)25-6-4-3-5-22(23)25;1-2/h3-8,17-19,21H,9-16H2,1-2H3,(H,31,32,33)(H,38,39,40);1-2H3. The molecule has 2 N–H and O–H groups in total. The van der Waals surface area contributed by atoms with E-state index < -0.39 is 10.3 Å². The number of hydrogen-bond donors (Lipinski definition) is 2. The summed E-state index contributed by atoms with van der Waals surface area (Å²) in [6, 6.07) is 13.4. The Labute approximate surface area is 264 Å². The molecule has 4 heterocycles. The van der Waals surface area contributed by atoms with Gasteiger partial charge in [0.15, 0.2) is 0 Å². The number of rotatable bonds is 7. The Hall–Kier alpha value is -3.42. The minimum absolute atomic E-state index is 0.242. The Morgan fingerprint density at radius 2 is 1.73 bits per heavy atom. The average Bonchev–Trinajstić information content (AvgIpc) is 3.44. The van der Waals surface area contributed by atoms with Gasteiger partial charge in [0.1, 0.15) is 5.75 Å². The number of para-hydroxylation sites is 1. The molecule has 6 rings (SSSR count). The zero-order chi connectivity index (χ0) is 31.4. The Bertz CT molecular complexity index is 1700. The minimum atomic E-state index is -4.53. The van der Waals surface area contributed by atoms with E-state index in [9.17, 15) is 13.0 Å². The van der Waals surface area contributed by atoms with Crippen molar-refractivity contribution in [3.8, 4) is 17.0 Å². The van der Waals surface area contributed by atoms with Crippen molar-refractivity contribution in [3.63, 3.8) is 0 Å². The summed E-state index contributed by atoms with van der Waals surface area (Å²) in [5, 5.41) is 4.04. The normalized spacial score (nSPS) is 16.9. The number of hydrogen-bond acceptors (Lipinski definition) is 9. The topological polar surface area (TPSA) is 116 Å². The van der Waals surface area contributed by atoms with Crippen LogP contribution in [0.25, 0.3) is 22.2 Å². The molecule has 0 unspecified atom stereocenters. The van der Waals surface area contributed by atoms with E-state index in [1.807, 2.05) is 32.0 Å².